The van der Waals surface area contributed by atoms with Crippen molar-refractivity contribution in [2.24, 2.45) is 5.73 Å². The fraction of sp³-hybridized carbons (Fsp3) is 0.364. The molecule has 0 bridgehead atoms. The number of sulfonamides is 1. The molecule has 5 nitrogen and oxygen atoms in total. The molecule has 1 aromatic rings. The summed E-state index contributed by atoms with van der Waals surface area (Å²) in [5.41, 5.74) is 5.05. The lowest BCUT2D eigenvalue weighted by Gasteiger charge is -2.11. The second kappa shape index (κ2) is 7.21. The Labute approximate surface area is 125 Å². The summed E-state index contributed by atoms with van der Waals surface area (Å²) in [5.74, 6) is -0.162. The third kappa shape index (κ3) is 4.30. The van der Waals surface area contributed by atoms with Crippen LogP contribution in [0.5, 0.6) is 0 Å². The number of benzene rings is 1. The van der Waals surface area contributed by atoms with Crippen LogP contribution in [-0.4, -0.2) is 35.7 Å². The molecule has 1 rings (SSSR count). The van der Waals surface area contributed by atoms with Crippen LogP contribution in [0.2, 0.25) is 0 Å². The minimum Gasteiger partial charge on any atom is -0.389 e. The number of nitrogens with two attached hydrogens (primary N) is 1. The Morgan fingerprint density at radius 1 is 1.50 bits per heavy atom. The fourth-order valence-corrected chi connectivity index (χ4v) is 3.76. The molecule has 9 heteroatoms. The lowest BCUT2D eigenvalue weighted by molar-refractivity contribution is 0.579. The maximum Gasteiger partial charge on any atom is 0.241 e. The van der Waals surface area contributed by atoms with E-state index >= 15 is 0 Å². The van der Waals surface area contributed by atoms with Crippen molar-refractivity contribution in [2.45, 2.75) is 11.8 Å². The largest absolute Gasteiger partial charge is 0.389 e. The average molecular weight is 338 g/mol. The number of hydrogen-bond donors (Lipinski definition) is 2. The zero-order valence-electron chi connectivity index (χ0n) is 10.8. The summed E-state index contributed by atoms with van der Waals surface area (Å²) < 4.78 is 51.3. The first-order chi connectivity index (χ1) is 9.29. The third-order valence-corrected chi connectivity index (χ3v) is 5.47. The highest BCUT2D eigenvalue weighted by atomic mass is 32.2. The van der Waals surface area contributed by atoms with Crippen LogP contribution in [0.25, 0.3) is 0 Å². The van der Waals surface area contributed by atoms with Crippen LogP contribution < -0.4 is 10.5 Å². The monoisotopic (exact) mass is 338 g/mol. The molecule has 1 aromatic carbocycles. The van der Waals surface area contributed by atoms with Crippen molar-refractivity contribution in [3.8, 4) is 0 Å². The van der Waals surface area contributed by atoms with E-state index in [2.05, 4.69) is 16.9 Å². The molecule has 0 spiro atoms. The van der Waals surface area contributed by atoms with Gasteiger partial charge in [-0.3, -0.25) is 4.21 Å². The van der Waals surface area contributed by atoms with Crippen molar-refractivity contribution in [3.05, 3.63) is 29.6 Å². The third-order valence-electron chi connectivity index (χ3n) is 2.46. The average Bonchev–Trinajstić information content (AvgIpc) is 2.37. The second-order valence-electron chi connectivity index (χ2n) is 3.81. The van der Waals surface area contributed by atoms with Crippen LogP contribution in [0.3, 0.4) is 0 Å². The number of thiocarbonyl (C=S) groups is 1. The summed E-state index contributed by atoms with van der Waals surface area (Å²) in [7, 11) is -5.04. The Hall–Kier alpha value is -0.900. The Kier molecular flexibility index (Phi) is 6.18. The summed E-state index contributed by atoms with van der Waals surface area (Å²) in [6, 6.07) is 3.56. The molecule has 3 N–H and O–H groups in total. The van der Waals surface area contributed by atoms with Gasteiger partial charge in [0, 0.05) is 28.9 Å². The Morgan fingerprint density at radius 3 is 2.70 bits per heavy atom. The quantitative estimate of drug-likeness (QED) is 0.707. The summed E-state index contributed by atoms with van der Waals surface area (Å²) in [6.45, 7) is 1.73. The molecule has 0 aromatic heterocycles. The smallest absolute Gasteiger partial charge is 0.241 e. The first kappa shape index (κ1) is 17.2. The molecule has 0 amide bonds. The first-order valence-corrected chi connectivity index (χ1v) is 9.10. The van der Waals surface area contributed by atoms with E-state index in [1.54, 1.807) is 6.92 Å². The standard InChI is InChI=1S/C11H15FN2O3S3/c1-2-19(15)7-6-14-20(16,17)9-5-3-4-8(12)10(9)11(13)18/h3-5,14H,2,6-7H2,1H3,(H2,13,18). The molecule has 0 fully saturated rings. The van der Waals surface area contributed by atoms with Gasteiger partial charge in [0.1, 0.15) is 10.8 Å². The van der Waals surface area contributed by atoms with Gasteiger partial charge in [-0.1, -0.05) is 25.2 Å². The van der Waals surface area contributed by atoms with Crippen LogP contribution in [0.4, 0.5) is 4.39 Å². The van der Waals surface area contributed by atoms with E-state index in [-0.39, 0.29) is 27.7 Å². The fourth-order valence-electron chi connectivity index (χ4n) is 1.48. The normalized spacial score (nSPS) is 13.1. The Balaban J connectivity index is 3.02. The van der Waals surface area contributed by atoms with Crippen molar-refractivity contribution < 1.29 is 17.0 Å². The van der Waals surface area contributed by atoms with E-state index in [1.165, 1.54) is 12.1 Å². The predicted molar refractivity (Wildman–Crippen MR) is 81.0 cm³/mol. The van der Waals surface area contributed by atoms with Gasteiger partial charge in [0.25, 0.3) is 0 Å². The van der Waals surface area contributed by atoms with Crippen molar-refractivity contribution in [1.82, 2.24) is 4.72 Å². The summed E-state index contributed by atoms with van der Waals surface area (Å²) in [5, 5.41) is 0. The Morgan fingerprint density at radius 2 is 2.15 bits per heavy atom. The molecular weight excluding hydrogens is 323 g/mol. The summed E-state index contributed by atoms with van der Waals surface area (Å²) >= 11 is 4.68. The molecular formula is C11H15FN2O3S3. The molecule has 0 saturated heterocycles. The SMILES string of the molecule is CCS(=O)CCNS(=O)(=O)c1cccc(F)c1C(N)=S. The predicted octanol–water partition coefficient (Wildman–Crippen LogP) is 0.507. The van der Waals surface area contributed by atoms with E-state index in [0.29, 0.717) is 5.75 Å². The van der Waals surface area contributed by atoms with Crippen LogP contribution in [0.1, 0.15) is 12.5 Å². The van der Waals surface area contributed by atoms with E-state index < -0.39 is 26.6 Å². The van der Waals surface area contributed by atoms with Gasteiger partial charge in [-0.2, -0.15) is 0 Å². The lowest BCUT2D eigenvalue weighted by atomic mass is 10.2. The highest BCUT2D eigenvalue weighted by molar-refractivity contribution is 7.90. The molecule has 0 radical (unpaired) electrons. The molecule has 112 valence electrons. The molecule has 0 aliphatic carbocycles. The van der Waals surface area contributed by atoms with Gasteiger partial charge in [0.05, 0.1) is 10.5 Å². The van der Waals surface area contributed by atoms with Crippen molar-refractivity contribution in [3.63, 3.8) is 0 Å². The summed E-state index contributed by atoms with van der Waals surface area (Å²) in [4.78, 5) is -0.645. The van der Waals surface area contributed by atoms with Gasteiger partial charge in [-0.25, -0.2) is 17.5 Å². The Bertz CT molecular complexity index is 632. The second-order valence-corrected chi connectivity index (χ2v) is 7.85. The van der Waals surface area contributed by atoms with E-state index in [0.717, 1.165) is 6.07 Å². The van der Waals surface area contributed by atoms with E-state index in [9.17, 15) is 17.0 Å². The van der Waals surface area contributed by atoms with Crippen LogP contribution in [0.15, 0.2) is 23.1 Å². The zero-order chi connectivity index (χ0) is 15.3. The van der Waals surface area contributed by atoms with Crippen molar-refractivity contribution in [2.75, 3.05) is 18.1 Å². The molecule has 0 aliphatic rings. The lowest BCUT2D eigenvalue weighted by Crippen LogP contribution is -2.30. The molecule has 1 atom stereocenters. The van der Waals surface area contributed by atoms with Crippen LogP contribution >= 0.6 is 12.2 Å². The molecule has 0 aliphatic heterocycles. The maximum absolute atomic E-state index is 13.6. The van der Waals surface area contributed by atoms with E-state index in [4.69, 9.17) is 5.73 Å². The summed E-state index contributed by atoms with van der Waals surface area (Å²) in [6.07, 6.45) is 0. The highest BCUT2D eigenvalue weighted by Crippen LogP contribution is 2.18. The van der Waals surface area contributed by atoms with Gasteiger partial charge in [-0.05, 0) is 12.1 Å². The van der Waals surface area contributed by atoms with Crippen molar-refractivity contribution in [1.29, 1.82) is 0 Å². The van der Waals surface area contributed by atoms with Gasteiger partial charge >= 0.3 is 0 Å². The first-order valence-electron chi connectivity index (χ1n) is 5.72. The minimum atomic E-state index is -3.95. The molecule has 20 heavy (non-hydrogen) atoms. The highest BCUT2D eigenvalue weighted by Gasteiger charge is 2.22. The van der Waals surface area contributed by atoms with Crippen molar-refractivity contribution >= 4 is 38.0 Å². The van der Waals surface area contributed by atoms with E-state index in [1.807, 2.05) is 0 Å². The van der Waals surface area contributed by atoms with Gasteiger partial charge in [-0.15, -0.1) is 0 Å². The van der Waals surface area contributed by atoms with Gasteiger partial charge in [0.15, 0.2) is 0 Å². The number of rotatable bonds is 7. The number of nitrogens with one attached hydrogen (secondary N) is 1. The maximum atomic E-state index is 13.6. The minimum absolute atomic E-state index is 0.00390. The molecule has 0 heterocycles. The van der Waals surface area contributed by atoms with Gasteiger partial charge in [0.2, 0.25) is 10.0 Å². The number of hydrogen-bond acceptors (Lipinski definition) is 4. The number of halogens is 1. The van der Waals surface area contributed by atoms with Crippen LogP contribution in [-0.2, 0) is 20.8 Å². The zero-order valence-corrected chi connectivity index (χ0v) is 13.2. The van der Waals surface area contributed by atoms with Crippen LogP contribution in [0, 0.1) is 5.82 Å². The molecule has 0 saturated carbocycles. The molecule has 1 unspecified atom stereocenters. The van der Waals surface area contributed by atoms with Gasteiger partial charge < -0.3 is 5.73 Å². The topological polar surface area (TPSA) is 89.3 Å².